The molecule has 0 aromatic rings. The molecule has 0 spiro atoms. The van der Waals surface area contributed by atoms with Gasteiger partial charge in [-0.2, -0.15) is 0 Å². The summed E-state index contributed by atoms with van der Waals surface area (Å²) in [4.78, 5) is 13.2. The van der Waals surface area contributed by atoms with Gasteiger partial charge in [-0.05, 0) is 11.3 Å². The highest BCUT2D eigenvalue weighted by Crippen LogP contribution is 2.24. The fourth-order valence-electron chi connectivity index (χ4n) is 2.02. The maximum absolute atomic E-state index is 11.1. The summed E-state index contributed by atoms with van der Waals surface area (Å²) in [6.07, 6.45) is 0. The van der Waals surface area contributed by atoms with Gasteiger partial charge in [-0.3, -0.25) is 9.69 Å². The standard InChI is InChI=1S/C12H27N3O/c1-9(2)7-15(8-11(14)16)10(6-13)12(3,4)5/h9-10H,6-8,13H2,1-5H3,(H2,14,16). The van der Waals surface area contributed by atoms with Crippen LogP contribution >= 0.6 is 0 Å². The minimum Gasteiger partial charge on any atom is -0.369 e. The molecule has 1 atom stereocenters. The van der Waals surface area contributed by atoms with Gasteiger partial charge in [0.15, 0.2) is 0 Å². The molecule has 1 unspecified atom stereocenters. The maximum atomic E-state index is 11.1. The minimum atomic E-state index is -0.289. The zero-order chi connectivity index (χ0) is 12.9. The molecule has 0 rings (SSSR count). The summed E-state index contributed by atoms with van der Waals surface area (Å²) in [5, 5.41) is 0. The van der Waals surface area contributed by atoms with Crippen molar-refractivity contribution in [2.75, 3.05) is 19.6 Å². The number of carbonyl (C=O) groups excluding carboxylic acids is 1. The third-order valence-corrected chi connectivity index (χ3v) is 2.62. The lowest BCUT2D eigenvalue weighted by atomic mass is 9.85. The number of carbonyl (C=O) groups is 1. The molecule has 0 aliphatic heterocycles. The van der Waals surface area contributed by atoms with E-state index in [-0.39, 0.29) is 23.9 Å². The molecule has 0 fully saturated rings. The second-order valence-corrected chi connectivity index (χ2v) is 5.91. The van der Waals surface area contributed by atoms with Gasteiger partial charge in [0.2, 0.25) is 5.91 Å². The Labute approximate surface area is 99.4 Å². The van der Waals surface area contributed by atoms with Crippen LogP contribution in [0.3, 0.4) is 0 Å². The van der Waals surface area contributed by atoms with Gasteiger partial charge in [-0.15, -0.1) is 0 Å². The average molecular weight is 229 g/mol. The van der Waals surface area contributed by atoms with E-state index in [9.17, 15) is 4.79 Å². The summed E-state index contributed by atoms with van der Waals surface area (Å²) < 4.78 is 0. The van der Waals surface area contributed by atoms with Gasteiger partial charge in [0.25, 0.3) is 0 Å². The third kappa shape index (κ3) is 5.47. The van der Waals surface area contributed by atoms with Crippen molar-refractivity contribution in [3.63, 3.8) is 0 Å². The van der Waals surface area contributed by atoms with Crippen molar-refractivity contribution in [1.29, 1.82) is 0 Å². The molecule has 0 aliphatic rings. The predicted octanol–water partition coefficient (Wildman–Crippen LogP) is 0.803. The quantitative estimate of drug-likeness (QED) is 0.707. The van der Waals surface area contributed by atoms with Gasteiger partial charge >= 0.3 is 0 Å². The van der Waals surface area contributed by atoms with Crippen LogP contribution in [-0.2, 0) is 4.79 Å². The van der Waals surface area contributed by atoms with Crippen LogP contribution in [0.5, 0.6) is 0 Å². The Bertz CT molecular complexity index is 221. The van der Waals surface area contributed by atoms with Crippen LogP contribution in [-0.4, -0.2) is 36.5 Å². The molecular formula is C12H27N3O. The van der Waals surface area contributed by atoms with Gasteiger partial charge in [0.05, 0.1) is 6.54 Å². The van der Waals surface area contributed by atoms with E-state index in [0.717, 1.165) is 6.54 Å². The number of nitrogens with zero attached hydrogens (tertiary/aromatic N) is 1. The highest BCUT2D eigenvalue weighted by molar-refractivity contribution is 5.76. The maximum Gasteiger partial charge on any atom is 0.231 e. The first-order chi connectivity index (χ1) is 7.18. The van der Waals surface area contributed by atoms with E-state index in [1.165, 1.54) is 0 Å². The molecule has 16 heavy (non-hydrogen) atoms. The van der Waals surface area contributed by atoms with E-state index in [0.29, 0.717) is 12.5 Å². The lowest BCUT2D eigenvalue weighted by Crippen LogP contribution is -2.52. The molecule has 4 N–H and O–H groups in total. The van der Waals surface area contributed by atoms with Gasteiger partial charge in [-0.25, -0.2) is 0 Å². The number of rotatable bonds is 6. The molecule has 0 aromatic heterocycles. The predicted molar refractivity (Wildman–Crippen MR) is 67.9 cm³/mol. The fourth-order valence-corrected chi connectivity index (χ4v) is 2.02. The van der Waals surface area contributed by atoms with Crippen LogP contribution in [0.1, 0.15) is 34.6 Å². The van der Waals surface area contributed by atoms with E-state index in [2.05, 4.69) is 39.5 Å². The van der Waals surface area contributed by atoms with Gasteiger partial charge in [-0.1, -0.05) is 34.6 Å². The molecule has 4 heteroatoms. The van der Waals surface area contributed by atoms with Crippen molar-refractivity contribution in [3.8, 4) is 0 Å². The second-order valence-electron chi connectivity index (χ2n) is 5.91. The van der Waals surface area contributed by atoms with Crippen molar-refractivity contribution in [1.82, 2.24) is 4.90 Å². The lowest BCUT2D eigenvalue weighted by molar-refractivity contribution is -0.120. The number of hydrogen-bond acceptors (Lipinski definition) is 3. The number of hydrogen-bond donors (Lipinski definition) is 2. The molecule has 0 radical (unpaired) electrons. The number of nitrogens with two attached hydrogens (primary N) is 2. The fraction of sp³-hybridized carbons (Fsp3) is 0.917. The van der Waals surface area contributed by atoms with Crippen LogP contribution in [0.15, 0.2) is 0 Å². The van der Waals surface area contributed by atoms with E-state index in [4.69, 9.17) is 11.5 Å². The monoisotopic (exact) mass is 229 g/mol. The van der Waals surface area contributed by atoms with Crippen molar-refractivity contribution < 1.29 is 4.79 Å². The zero-order valence-electron chi connectivity index (χ0n) is 11.3. The van der Waals surface area contributed by atoms with Crippen molar-refractivity contribution >= 4 is 5.91 Å². The Morgan fingerprint density at radius 1 is 1.31 bits per heavy atom. The number of amides is 1. The summed E-state index contributed by atoms with van der Waals surface area (Å²) in [5.41, 5.74) is 11.2. The normalized spacial score (nSPS) is 14.5. The summed E-state index contributed by atoms with van der Waals surface area (Å²) in [7, 11) is 0. The van der Waals surface area contributed by atoms with Gasteiger partial charge < -0.3 is 11.5 Å². The zero-order valence-corrected chi connectivity index (χ0v) is 11.3. The second kappa shape index (κ2) is 6.21. The van der Waals surface area contributed by atoms with Gasteiger partial charge in [0, 0.05) is 19.1 Å². The van der Waals surface area contributed by atoms with Crippen LogP contribution < -0.4 is 11.5 Å². The third-order valence-electron chi connectivity index (χ3n) is 2.62. The summed E-state index contributed by atoms with van der Waals surface area (Å²) in [5.74, 6) is 0.207. The molecule has 4 nitrogen and oxygen atoms in total. The van der Waals surface area contributed by atoms with E-state index >= 15 is 0 Å². The topological polar surface area (TPSA) is 72.3 Å². The Kier molecular flexibility index (Phi) is 5.97. The highest BCUT2D eigenvalue weighted by atomic mass is 16.1. The average Bonchev–Trinajstić information content (AvgIpc) is 1.99. The SMILES string of the molecule is CC(C)CN(CC(N)=O)C(CN)C(C)(C)C. The first-order valence-electron chi connectivity index (χ1n) is 5.91. The first kappa shape index (κ1) is 15.4. The Morgan fingerprint density at radius 3 is 2.06 bits per heavy atom. The summed E-state index contributed by atoms with van der Waals surface area (Å²) in [6, 6.07) is 0.183. The van der Waals surface area contributed by atoms with E-state index in [1.807, 2.05) is 0 Å². The van der Waals surface area contributed by atoms with Gasteiger partial charge in [0.1, 0.15) is 0 Å². The minimum absolute atomic E-state index is 0.0547. The van der Waals surface area contributed by atoms with E-state index in [1.54, 1.807) is 0 Å². The smallest absolute Gasteiger partial charge is 0.231 e. The molecule has 96 valence electrons. The van der Waals surface area contributed by atoms with Crippen LogP contribution in [0.25, 0.3) is 0 Å². The Morgan fingerprint density at radius 2 is 1.81 bits per heavy atom. The van der Waals surface area contributed by atoms with E-state index < -0.39 is 0 Å². The van der Waals surface area contributed by atoms with Crippen LogP contribution in [0.2, 0.25) is 0 Å². The molecule has 0 bridgehead atoms. The Balaban J connectivity index is 4.75. The molecule has 0 aliphatic carbocycles. The van der Waals surface area contributed by atoms with Crippen molar-refractivity contribution in [2.45, 2.75) is 40.7 Å². The largest absolute Gasteiger partial charge is 0.369 e. The molecule has 0 heterocycles. The molecular weight excluding hydrogens is 202 g/mol. The Hall–Kier alpha value is -0.610. The van der Waals surface area contributed by atoms with Crippen LogP contribution in [0.4, 0.5) is 0 Å². The first-order valence-corrected chi connectivity index (χ1v) is 5.91. The van der Waals surface area contributed by atoms with Crippen molar-refractivity contribution in [3.05, 3.63) is 0 Å². The molecule has 0 saturated carbocycles. The summed E-state index contributed by atoms with van der Waals surface area (Å²) >= 11 is 0. The molecule has 0 saturated heterocycles. The number of primary amides is 1. The lowest BCUT2D eigenvalue weighted by Gasteiger charge is -2.39. The molecule has 0 aromatic carbocycles. The van der Waals surface area contributed by atoms with Crippen LogP contribution in [0, 0.1) is 11.3 Å². The van der Waals surface area contributed by atoms with Crippen molar-refractivity contribution in [2.24, 2.45) is 22.8 Å². The molecule has 1 amide bonds. The summed E-state index contributed by atoms with van der Waals surface area (Å²) in [6.45, 7) is 12.4. The highest BCUT2D eigenvalue weighted by Gasteiger charge is 2.30.